The second-order valence-corrected chi connectivity index (χ2v) is 8.93. The molecular weight excluding hydrogens is 460 g/mol. The van der Waals surface area contributed by atoms with Crippen LogP contribution in [0.3, 0.4) is 0 Å². The van der Waals surface area contributed by atoms with E-state index in [1.54, 1.807) is 38.1 Å². The van der Waals surface area contributed by atoms with Crippen molar-refractivity contribution in [2.75, 3.05) is 13.1 Å². The molecule has 0 aromatic carbocycles. The van der Waals surface area contributed by atoms with Crippen LogP contribution in [-0.4, -0.2) is 57.7 Å². The van der Waals surface area contributed by atoms with E-state index in [2.05, 4.69) is 26.0 Å². The Morgan fingerprint density at radius 3 is 1.92 bits per heavy atom. The zero-order valence-corrected chi connectivity index (χ0v) is 21.6. The average Bonchev–Trinajstić information content (AvgIpc) is 2.92. The van der Waals surface area contributed by atoms with Gasteiger partial charge >= 0.3 is 0 Å². The van der Waals surface area contributed by atoms with Crippen LogP contribution in [0.2, 0.25) is 0 Å². The van der Waals surface area contributed by atoms with Crippen molar-refractivity contribution in [1.29, 1.82) is 0 Å². The monoisotopic (exact) mass is 496 g/mol. The fourth-order valence-corrected chi connectivity index (χ4v) is 3.46. The van der Waals surface area contributed by atoms with Gasteiger partial charge in [0.15, 0.2) is 0 Å². The third kappa shape index (κ3) is 7.34. The molecular formula is C26H36N6O4. The van der Waals surface area contributed by atoms with Gasteiger partial charge in [-0.2, -0.15) is 0 Å². The van der Waals surface area contributed by atoms with Crippen LogP contribution in [0.5, 0.6) is 0 Å². The van der Waals surface area contributed by atoms with E-state index in [0.29, 0.717) is 24.0 Å². The Morgan fingerprint density at radius 1 is 0.917 bits per heavy atom. The van der Waals surface area contributed by atoms with Gasteiger partial charge in [-0.1, -0.05) is 27.2 Å². The van der Waals surface area contributed by atoms with Gasteiger partial charge in [0, 0.05) is 49.0 Å². The Bertz CT molecular complexity index is 1030. The fraction of sp³-hybridized carbons (Fsp3) is 0.462. The standard InChI is InChI=1S/C26H36N6O4/c1-6-18(4)21(30-23(34)20-11-15-28-16-12-20)24(35)31-32(8-3)25(36)26(5,7-2)17-29-22(33)19-9-13-27-14-10-19/h9-16,18,21H,6-8,17H2,1-5H3,(H,29,33)(H,30,34)(H,31,35)/t18?,21-,26?/m0/s1. The highest BCUT2D eigenvalue weighted by Gasteiger charge is 2.37. The first-order valence-corrected chi connectivity index (χ1v) is 12.2. The van der Waals surface area contributed by atoms with Gasteiger partial charge in [0.2, 0.25) is 5.91 Å². The lowest BCUT2D eigenvalue weighted by atomic mass is 9.86. The number of pyridine rings is 2. The van der Waals surface area contributed by atoms with E-state index in [1.807, 2.05) is 20.8 Å². The maximum atomic E-state index is 13.5. The van der Waals surface area contributed by atoms with Gasteiger partial charge in [0.25, 0.3) is 17.7 Å². The molecule has 36 heavy (non-hydrogen) atoms. The number of carbonyl (C=O) groups excluding carboxylic acids is 4. The Labute approximate surface area is 212 Å². The first-order chi connectivity index (χ1) is 17.2. The summed E-state index contributed by atoms with van der Waals surface area (Å²) in [5.74, 6) is -1.71. The van der Waals surface area contributed by atoms with Crippen molar-refractivity contribution in [1.82, 2.24) is 31.0 Å². The summed E-state index contributed by atoms with van der Waals surface area (Å²) in [4.78, 5) is 59.7. The smallest absolute Gasteiger partial charge is 0.261 e. The number of rotatable bonds is 11. The minimum Gasteiger partial charge on any atom is -0.351 e. The van der Waals surface area contributed by atoms with Gasteiger partial charge in [0.1, 0.15) is 6.04 Å². The maximum Gasteiger partial charge on any atom is 0.261 e. The largest absolute Gasteiger partial charge is 0.351 e. The van der Waals surface area contributed by atoms with Crippen molar-refractivity contribution in [2.24, 2.45) is 11.3 Å². The zero-order valence-electron chi connectivity index (χ0n) is 21.6. The number of hydrazine groups is 1. The van der Waals surface area contributed by atoms with Gasteiger partial charge in [0.05, 0.1) is 5.41 Å². The molecule has 194 valence electrons. The minimum atomic E-state index is -0.960. The average molecular weight is 497 g/mol. The third-order valence-corrected chi connectivity index (χ3v) is 6.41. The van der Waals surface area contributed by atoms with Crippen molar-refractivity contribution in [3.8, 4) is 0 Å². The van der Waals surface area contributed by atoms with Gasteiger partial charge in [-0.15, -0.1) is 0 Å². The van der Waals surface area contributed by atoms with Crippen LogP contribution in [0, 0.1) is 11.3 Å². The molecule has 3 atom stereocenters. The van der Waals surface area contributed by atoms with Crippen molar-refractivity contribution in [2.45, 2.75) is 53.5 Å². The summed E-state index contributed by atoms with van der Waals surface area (Å²) in [5.41, 5.74) is 2.56. The molecule has 10 nitrogen and oxygen atoms in total. The molecule has 2 aromatic heterocycles. The maximum absolute atomic E-state index is 13.5. The molecule has 4 amide bonds. The van der Waals surface area contributed by atoms with Crippen LogP contribution in [0.1, 0.15) is 68.2 Å². The molecule has 2 aromatic rings. The van der Waals surface area contributed by atoms with E-state index in [1.165, 1.54) is 29.8 Å². The minimum absolute atomic E-state index is 0.0867. The number of hydrogen-bond acceptors (Lipinski definition) is 6. The number of aromatic nitrogens is 2. The molecule has 0 radical (unpaired) electrons. The molecule has 10 heteroatoms. The number of carbonyl (C=O) groups is 4. The lowest BCUT2D eigenvalue weighted by Crippen LogP contribution is -2.59. The lowest BCUT2D eigenvalue weighted by molar-refractivity contribution is -0.150. The summed E-state index contributed by atoms with van der Waals surface area (Å²) in [6.45, 7) is 9.42. The molecule has 2 unspecified atom stereocenters. The van der Waals surface area contributed by atoms with Crippen molar-refractivity contribution in [3.63, 3.8) is 0 Å². The van der Waals surface area contributed by atoms with Crippen LogP contribution < -0.4 is 16.1 Å². The van der Waals surface area contributed by atoms with Gasteiger partial charge in [-0.05, 0) is 50.5 Å². The second-order valence-electron chi connectivity index (χ2n) is 8.93. The number of hydrogen-bond donors (Lipinski definition) is 3. The van der Waals surface area contributed by atoms with E-state index >= 15 is 0 Å². The van der Waals surface area contributed by atoms with Crippen molar-refractivity contribution in [3.05, 3.63) is 60.2 Å². The summed E-state index contributed by atoms with van der Waals surface area (Å²) in [7, 11) is 0. The van der Waals surface area contributed by atoms with Crippen LogP contribution in [-0.2, 0) is 9.59 Å². The Kier molecular flexibility index (Phi) is 10.5. The Hall–Kier alpha value is -3.82. The third-order valence-electron chi connectivity index (χ3n) is 6.41. The number of nitrogens with one attached hydrogen (secondary N) is 3. The van der Waals surface area contributed by atoms with E-state index in [4.69, 9.17) is 0 Å². The lowest BCUT2D eigenvalue weighted by Gasteiger charge is -2.35. The highest BCUT2D eigenvalue weighted by atomic mass is 16.2. The van der Waals surface area contributed by atoms with Crippen LogP contribution in [0.15, 0.2) is 49.1 Å². The molecule has 0 saturated heterocycles. The predicted octanol–water partition coefficient (Wildman–Crippen LogP) is 2.35. The second kappa shape index (κ2) is 13.3. The van der Waals surface area contributed by atoms with Crippen LogP contribution in [0.25, 0.3) is 0 Å². The highest BCUT2D eigenvalue weighted by molar-refractivity contribution is 5.98. The molecule has 2 rings (SSSR count). The Morgan fingerprint density at radius 2 is 1.44 bits per heavy atom. The van der Waals surface area contributed by atoms with Crippen molar-refractivity contribution < 1.29 is 19.2 Å². The quantitative estimate of drug-likeness (QED) is 0.409. The summed E-state index contributed by atoms with van der Waals surface area (Å²) in [6, 6.07) is 5.46. The normalized spacial score (nSPS) is 14.0. The molecule has 0 aliphatic rings. The van der Waals surface area contributed by atoms with E-state index < -0.39 is 23.3 Å². The van der Waals surface area contributed by atoms with Crippen LogP contribution >= 0.6 is 0 Å². The molecule has 0 aliphatic heterocycles. The number of nitrogens with zero attached hydrogens (tertiary/aromatic N) is 3. The van der Waals surface area contributed by atoms with Crippen molar-refractivity contribution >= 4 is 23.6 Å². The summed E-state index contributed by atoms with van der Waals surface area (Å²) < 4.78 is 0. The molecule has 0 bridgehead atoms. The molecule has 0 aliphatic carbocycles. The summed E-state index contributed by atoms with van der Waals surface area (Å²) in [6.07, 6.45) is 7.13. The first-order valence-electron chi connectivity index (χ1n) is 12.2. The number of amides is 4. The first kappa shape index (κ1) is 28.4. The Balaban J connectivity index is 2.12. The molecule has 3 N–H and O–H groups in total. The molecule has 0 saturated carbocycles. The van der Waals surface area contributed by atoms with E-state index in [0.717, 1.165) is 0 Å². The van der Waals surface area contributed by atoms with E-state index in [9.17, 15) is 19.2 Å². The molecule has 0 fully saturated rings. The molecule has 2 heterocycles. The van der Waals surface area contributed by atoms with Gasteiger partial charge in [-0.3, -0.25) is 39.6 Å². The van der Waals surface area contributed by atoms with Gasteiger partial charge < -0.3 is 10.6 Å². The zero-order chi connectivity index (χ0) is 26.7. The van der Waals surface area contributed by atoms with Gasteiger partial charge in [-0.25, -0.2) is 0 Å². The van der Waals surface area contributed by atoms with E-state index in [-0.39, 0.29) is 30.8 Å². The topological polar surface area (TPSA) is 133 Å². The predicted molar refractivity (Wildman–Crippen MR) is 135 cm³/mol. The summed E-state index contributed by atoms with van der Waals surface area (Å²) in [5, 5.41) is 6.84. The van der Waals surface area contributed by atoms with Crippen LogP contribution in [0.4, 0.5) is 0 Å². The highest BCUT2D eigenvalue weighted by Crippen LogP contribution is 2.23. The SMILES string of the molecule is CCC(C)[C@H](NC(=O)c1ccncc1)C(=O)NN(CC)C(=O)C(C)(CC)CNC(=O)c1ccncc1. The fourth-order valence-electron chi connectivity index (χ4n) is 3.46. The molecule has 0 spiro atoms. The summed E-state index contributed by atoms with van der Waals surface area (Å²) >= 11 is 0.